The van der Waals surface area contributed by atoms with Crippen LogP contribution in [0.5, 0.6) is 0 Å². The summed E-state index contributed by atoms with van der Waals surface area (Å²) in [5.74, 6) is -0.527. The number of hydrogen-bond acceptors (Lipinski definition) is 4. The average molecular weight is 318 g/mol. The van der Waals surface area contributed by atoms with Crippen LogP contribution in [-0.4, -0.2) is 43.7 Å². The van der Waals surface area contributed by atoms with Gasteiger partial charge in [-0.25, -0.2) is 4.39 Å². The van der Waals surface area contributed by atoms with E-state index in [-0.39, 0.29) is 18.3 Å². The number of carbonyl (C=O) groups excluding carboxylic acids is 1. The molecule has 0 bridgehead atoms. The van der Waals surface area contributed by atoms with E-state index in [9.17, 15) is 14.4 Å². The predicted molar refractivity (Wildman–Crippen MR) is 79.8 cm³/mol. The number of morpholine rings is 1. The first-order valence-electron chi connectivity index (χ1n) is 7.81. The third kappa shape index (κ3) is 3.07. The molecule has 6 heteroatoms. The third-order valence-electron chi connectivity index (χ3n) is 4.58. The molecule has 0 aromatic heterocycles. The topological polar surface area (TPSA) is 62.6 Å². The molecule has 0 radical (unpaired) electrons. The number of ether oxygens (including phenoxy) is 2. The molecular formula is C17H19FN2O3. The maximum atomic E-state index is 13.9. The Labute approximate surface area is 134 Å². The Morgan fingerprint density at radius 3 is 2.74 bits per heavy atom. The fourth-order valence-corrected chi connectivity index (χ4v) is 3.15. The number of halogens is 1. The molecule has 1 aromatic carbocycles. The van der Waals surface area contributed by atoms with E-state index in [1.807, 2.05) is 0 Å². The summed E-state index contributed by atoms with van der Waals surface area (Å²) in [7, 11) is 0. The molecule has 2 fully saturated rings. The molecule has 122 valence electrons. The van der Waals surface area contributed by atoms with Crippen LogP contribution in [0.4, 0.5) is 4.39 Å². The first kappa shape index (κ1) is 15.9. The molecule has 23 heavy (non-hydrogen) atoms. The van der Waals surface area contributed by atoms with Crippen molar-refractivity contribution >= 4 is 5.91 Å². The van der Waals surface area contributed by atoms with Crippen LogP contribution in [0.2, 0.25) is 0 Å². The highest BCUT2D eigenvalue weighted by atomic mass is 19.1. The molecule has 1 amide bonds. The van der Waals surface area contributed by atoms with Gasteiger partial charge in [-0.2, -0.15) is 5.26 Å². The van der Waals surface area contributed by atoms with Gasteiger partial charge in [-0.05, 0) is 18.9 Å². The molecule has 2 saturated heterocycles. The summed E-state index contributed by atoms with van der Waals surface area (Å²) in [6.45, 7) is 1.86. The van der Waals surface area contributed by atoms with E-state index in [1.54, 1.807) is 23.1 Å². The summed E-state index contributed by atoms with van der Waals surface area (Å²) in [6, 6.07) is 8.62. The van der Waals surface area contributed by atoms with Crippen molar-refractivity contribution in [3.05, 3.63) is 35.6 Å². The van der Waals surface area contributed by atoms with Gasteiger partial charge in [0.2, 0.25) is 5.91 Å². The van der Waals surface area contributed by atoms with Crippen molar-refractivity contribution in [2.75, 3.05) is 32.9 Å². The van der Waals surface area contributed by atoms with Gasteiger partial charge in [-0.3, -0.25) is 4.79 Å². The minimum Gasteiger partial charge on any atom is -0.381 e. The van der Waals surface area contributed by atoms with E-state index in [1.165, 1.54) is 6.07 Å². The van der Waals surface area contributed by atoms with Crippen molar-refractivity contribution in [2.45, 2.75) is 18.9 Å². The molecule has 5 nitrogen and oxygen atoms in total. The Balaban J connectivity index is 1.77. The van der Waals surface area contributed by atoms with E-state index in [4.69, 9.17) is 9.47 Å². The molecular weight excluding hydrogens is 299 g/mol. The zero-order valence-electron chi connectivity index (χ0n) is 12.8. The highest BCUT2D eigenvalue weighted by molar-refractivity contribution is 5.85. The molecule has 3 rings (SSSR count). The maximum absolute atomic E-state index is 13.9. The standard InChI is InChI=1S/C17H19FN2O3/c18-14-4-2-1-3-13(14)15-11-20(7-10-23-15)16(21)17(12-19)5-8-22-9-6-17/h1-4,15H,5-11H2. The number of nitriles is 1. The minimum absolute atomic E-state index is 0.187. The summed E-state index contributed by atoms with van der Waals surface area (Å²) >= 11 is 0. The second-order valence-corrected chi connectivity index (χ2v) is 5.94. The molecule has 1 aromatic rings. The van der Waals surface area contributed by atoms with Crippen LogP contribution in [0.25, 0.3) is 0 Å². The number of benzene rings is 1. The minimum atomic E-state index is -1.02. The average Bonchev–Trinajstić information content (AvgIpc) is 2.62. The number of carbonyl (C=O) groups is 1. The number of nitrogens with zero attached hydrogens (tertiary/aromatic N) is 2. The van der Waals surface area contributed by atoms with E-state index >= 15 is 0 Å². The Bertz CT molecular complexity index is 623. The summed E-state index contributed by atoms with van der Waals surface area (Å²) in [6.07, 6.45) is 0.318. The zero-order chi connectivity index (χ0) is 16.3. The molecule has 0 spiro atoms. The van der Waals surface area contributed by atoms with Crippen molar-refractivity contribution in [3.63, 3.8) is 0 Å². The Morgan fingerprint density at radius 2 is 2.04 bits per heavy atom. The SMILES string of the molecule is N#CC1(C(=O)N2CCOC(c3ccccc3F)C2)CCOCC1. The molecule has 2 aliphatic rings. The third-order valence-corrected chi connectivity index (χ3v) is 4.58. The summed E-state index contributed by atoms with van der Waals surface area (Å²) < 4.78 is 24.9. The van der Waals surface area contributed by atoms with Crippen molar-refractivity contribution in [2.24, 2.45) is 5.41 Å². The molecule has 1 unspecified atom stereocenters. The van der Waals surface area contributed by atoms with E-state index in [2.05, 4.69) is 6.07 Å². The summed E-state index contributed by atoms with van der Waals surface area (Å²) in [5.41, 5.74) is -0.571. The molecule has 0 aliphatic carbocycles. The monoisotopic (exact) mass is 318 g/mol. The van der Waals surface area contributed by atoms with Crippen LogP contribution in [0.1, 0.15) is 24.5 Å². The van der Waals surface area contributed by atoms with Gasteiger partial charge in [-0.15, -0.1) is 0 Å². The van der Waals surface area contributed by atoms with Gasteiger partial charge in [-0.1, -0.05) is 18.2 Å². The van der Waals surface area contributed by atoms with Crippen LogP contribution in [0.3, 0.4) is 0 Å². The fourth-order valence-electron chi connectivity index (χ4n) is 3.15. The highest BCUT2D eigenvalue weighted by Crippen LogP contribution is 2.34. The van der Waals surface area contributed by atoms with Gasteiger partial charge in [0.15, 0.2) is 0 Å². The van der Waals surface area contributed by atoms with Crippen molar-refractivity contribution in [1.82, 2.24) is 4.90 Å². The Hall–Kier alpha value is -1.97. The van der Waals surface area contributed by atoms with Crippen LogP contribution in [-0.2, 0) is 14.3 Å². The van der Waals surface area contributed by atoms with Crippen molar-refractivity contribution in [1.29, 1.82) is 5.26 Å². The Kier molecular flexibility index (Phi) is 4.60. The molecule has 2 heterocycles. The molecule has 2 aliphatic heterocycles. The van der Waals surface area contributed by atoms with Crippen LogP contribution in [0.15, 0.2) is 24.3 Å². The quantitative estimate of drug-likeness (QED) is 0.837. The lowest BCUT2D eigenvalue weighted by Gasteiger charge is -2.39. The Morgan fingerprint density at radius 1 is 1.30 bits per heavy atom. The van der Waals surface area contributed by atoms with E-state index < -0.39 is 11.5 Å². The smallest absolute Gasteiger partial charge is 0.243 e. The second-order valence-electron chi connectivity index (χ2n) is 5.94. The number of amides is 1. The van der Waals surface area contributed by atoms with Crippen LogP contribution >= 0.6 is 0 Å². The van der Waals surface area contributed by atoms with Gasteiger partial charge in [0.05, 0.1) is 19.2 Å². The summed E-state index contributed by atoms with van der Waals surface area (Å²) in [4.78, 5) is 14.5. The van der Waals surface area contributed by atoms with Gasteiger partial charge in [0.25, 0.3) is 0 Å². The lowest BCUT2D eigenvalue weighted by atomic mass is 9.80. The van der Waals surface area contributed by atoms with E-state index in [0.717, 1.165) is 0 Å². The van der Waals surface area contributed by atoms with Crippen molar-refractivity contribution < 1.29 is 18.7 Å². The van der Waals surface area contributed by atoms with Gasteiger partial charge in [0, 0.05) is 25.3 Å². The molecule has 0 saturated carbocycles. The molecule has 1 atom stereocenters. The van der Waals surface area contributed by atoms with Crippen LogP contribution < -0.4 is 0 Å². The first-order chi connectivity index (χ1) is 11.2. The van der Waals surface area contributed by atoms with E-state index in [0.29, 0.717) is 44.8 Å². The first-order valence-corrected chi connectivity index (χ1v) is 7.81. The lowest BCUT2D eigenvalue weighted by Crippen LogP contribution is -2.50. The maximum Gasteiger partial charge on any atom is 0.243 e. The number of hydrogen-bond donors (Lipinski definition) is 0. The summed E-state index contributed by atoms with van der Waals surface area (Å²) in [5, 5.41) is 9.53. The highest BCUT2D eigenvalue weighted by Gasteiger charge is 2.44. The van der Waals surface area contributed by atoms with Gasteiger partial charge >= 0.3 is 0 Å². The zero-order valence-corrected chi connectivity index (χ0v) is 12.8. The predicted octanol–water partition coefficient (Wildman–Crippen LogP) is 2.05. The lowest BCUT2D eigenvalue weighted by molar-refractivity contribution is -0.151. The van der Waals surface area contributed by atoms with Gasteiger partial charge in [0.1, 0.15) is 17.3 Å². The van der Waals surface area contributed by atoms with Crippen LogP contribution in [0, 0.1) is 22.6 Å². The molecule has 0 N–H and O–H groups in total. The normalized spacial score (nSPS) is 24.0. The largest absolute Gasteiger partial charge is 0.381 e. The van der Waals surface area contributed by atoms with Crippen molar-refractivity contribution in [3.8, 4) is 6.07 Å². The second kappa shape index (κ2) is 6.65. The fraction of sp³-hybridized carbons (Fsp3) is 0.529. The van der Waals surface area contributed by atoms with Gasteiger partial charge < -0.3 is 14.4 Å². The number of rotatable bonds is 2.